The molecule has 6 rings (SSSR count). The number of hydrogen-bond donors (Lipinski definition) is 0. The van der Waals surface area contributed by atoms with E-state index >= 15 is 4.39 Å². The zero-order chi connectivity index (χ0) is 31.1. The Balaban J connectivity index is 1.52. The van der Waals surface area contributed by atoms with E-state index in [4.69, 9.17) is 37.9 Å². The highest BCUT2D eigenvalue weighted by Gasteiger charge is 2.33. The molecule has 0 aliphatic carbocycles. The lowest BCUT2D eigenvalue weighted by atomic mass is 9.94. The molecule has 1 amide bonds. The van der Waals surface area contributed by atoms with Crippen molar-refractivity contribution in [1.82, 2.24) is 24.3 Å². The molecular weight excluding hydrogens is 602 g/mol. The van der Waals surface area contributed by atoms with Gasteiger partial charge in [-0.2, -0.15) is 5.26 Å². The fourth-order valence-electron chi connectivity index (χ4n) is 6.69. The third kappa shape index (κ3) is 5.29. The lowest BCUT2D eigenvalue weighted by Gasteiger charge is -2.38. The summed E-state index contributed by atoms with van der Waals surface area (Å²) in [6.07, 6.45) is 6.44. The molecule has 4 aromatic rings. The van der Waals surface area contributed by atoms with Gasteiger partial charge in [0.15, 0.2) is 11.3 Å². The number of halogens is 3. The Bertz CT molecular complexity index is 1820. The largest absolute Gasteiger partial charge is 0.474 e. The molecule has 0 radical (unpaired) electrons. The SMILES string of the molecule is C=CC(=O)N1CCC(n2cnc3c(OCC4CCCN4C)nc4c(F)c(-c5cccc(Cl)c5C)c(Cl)cc4c32)CC1CC#N. The van der Waals surface area contributed by atoms with Gasteiger partial charge in [0.05, 0.1) is 29.4 Å². The second kappa shape index (κ2) is 12.4. The third-order valence-electron chi connectivity index (χ3n) is 9.14. The number of benzene rings is 2. The molecule has 2 aliphatic heterocycles. The first-order chi connectivity index (χ1) is 21.2. The summed E-state index contributed by atoms with van der Waals surface area (Å²) in [6, 6.07) is 9.10. The highest BCUT2D eigenvalue weighted by Crippen LogP contribution is 2.43. The minimum absolute atomic E-state index is 0.108. The monoisotopic (exact) mass is 634 g/mol. The van der Waals surface area contributed by atoms with Crippen LogP contribution in [-0.2, 0) is 4.79 Å². The van der Waals surface area contributed by atoms with E-state index in [1.807, 2.05) is 11.5 Å². The Morgan fingerprint density at radius 1 is 1.23 bits per heavy atom. The number of carbonyl (C=O) groups excluding carboxylic acids is 1. The molecule has 3 atom stereocenters. The van der Waals surface area contributed by atoms with Crippen LogP contribution in [0, 0.1) is 24.1 Å². The Hall–Kier alpha value is -3.71. The summed E-state index contributed by atoms with van der Waals surface area (Å²) in [7, 11) is 2.07. The first kappa shape index (κ1) is 30.3. The van der Waals surface area contributed by atoms with Gasteiger partial charge in [-0.25, -0.2) is 14.4 Å². The van der Waals surface area contributed by atoms with Crippen LogP contribution in [0.25, 0.3) is 33.1 Å². The number of carbonyl (C=O) groups is 1. The standard InChI is InChI=1S/C33H33Cl2FN6O2/c1-4-27(43)41-14-11-21(15-20(41)10-12-37)42-18-38-31-32(42)24-16-26(35)28(23-8-5-9-25(34)19(23)2)29(36)30(24)39-33(31)44-17-22-7-6-13-40(22)3/h4-5,8-9,16,18,20-22H,1,6-7,10-11,13-15,17H2,2-3H3. The van der Waals surface area contributed by atoms with E-state index < -0.39 is 5.82 Å². The van der Waals surface area contributed by atoms with Crippen LogP contribution in [0.3, 0.4) is 0 Å². The van der Waals surface area contributed by atoms with E-state index in [9.17, 15) is 10.1 Å². The van der Waals surface area contributed by atoms with Crippen molar-refractivity contribution in [3.8, 4) is 23.1 Å². The summed E-state index contributed by atoms with van der Waals surface area (Å²) >= 11 is 13.2. The van der Waals surface area contributed by atoms with Gasteiger partial charge in [-0.15, -0.1) is 0 Å². The van der Waals surface area contributed by atoms with Crippen molar-refractivity contribution >= 4 is 51.0 Å². The van der Waals surface area contributed by atoms with E-state index in [1.165, 1.54) is 6.08 Å². The van der Waals surface area contributed by atoms with E-state index in [1.54, 1.807) is 35.5 Å². The summed E-state index contributed by atoms with van der Waals surface area (Å²) in [5.74, 6) is -0.502. The van der Waals surface area contributed by atoms with Crippen LogP contribution >= 0.6 is 23.2 Å². The van der Waals surface area contributed by atoms with E-state index in [0.29, 0.717) is 58.6 Å². The smallest absolute Gasteiger partial charge is 0.246 e. The maximum absolute atomic E-state index is 16.7. The third-order valence-corrected chi connectivity index (χ3v) is 9.85. The Morgan fingerprint density at radius 2 is 2.05 bits per heavy atom. The number of aromatic nitrogens is 3. The van der Waals surface area contributed by atoms with Gasteiger partial charge >= 0.3 is 0 Å². The van der Waals surface area contributed by atoms with Crippen LogP contribution in [-0.4, -0.2) is 69.1 Å². The maximum Gasteiger partial charge on any atom is 0.246 e. The number of ether oxygens (including phenoxy) is 1. The quantitative estimate of drug-likeness (QED) is 0.201. The number of pyridine rings is 1. The molecule has 2 fully saturated rings. The number of rotatable bonds is 7. The number of nitrogens with zero attached hydrogens (tertiary/aromatic N) is 6. The van der Waals surface area contributed by atoms with Gasteiger partial charge in [0, 0.05) is 40.6 Å². The highest BCUT2D eigenvalue weighted by molar-refractivity contribution is 6.35. The fraction of sp³-hybridized carbons (Fsp3) is 0.394. The van der Waals surface area contributed by atoms with Crippen LogP contribution in [0.2, 0.25) is 10.0 Å². The van der Waals surface area contributed by atoms with Gasteiger partial charge in [-0.1, -0.05) is 41.9 Å². The predicted molar refractivity (Wildman–Crippen MR) is 171 cm³/mol. The Labute approximate surface area is 265 Å². The van der Waals surface area contributed by atoms with Crippen molar-refractivity contribution in [3.63, 3.8) is 0 Å². The second-order valence-electron chi connectivity index (χ2n) is 11.6. The van der Waals surface area contributed by atoms with Crippen LogP contribution < -0.4 is 4.74 Å². The van der Waals surface area contributed by atoms with Crippen molar-refractivity contribution in [3.05, 3.63) is 64.7 Å². The number of imidazole rings is 1. The first-order valence-electron chi connectivity index (χ1n) is 14.8. The van der Waals surface area contributed by atoms with E-state index in [2.05, 4.69) is 24.6 Å². The minimum Gasteiger partial charge on any atom is -0.474 e. The molecule has 44 heavy (non-hydrogen) atoms. The molecule has 8 nitrogen and oxygen atoms in total. The number of fused-ring (bicyclic) bond motifs is 3. The van der Waals surface area contributed by atoms with E-state index in [0.717, 1.165) is 19.4 Å². The lowest BCUT2D eigenvalue weighted by molar-refractivity contribution is -0.130. The van der Waals surface area contributed by atoms with Gasteiger partial charge in [-0.05, 0) is 75.5 Å². The number of likely N-dealkylation sites (tertiary alicyclic amines) is 2. The molecule has 2 aromatic carbocycles. The predicted octanol–water partition coefficient (Wildman–Crippen LogP) is 7.11. The number of nitriles is 1. The molecule has 4 heterocycles. The topological polar surface area (TPSA) is 87.3 Å². The summed E-state index contributed by atoms with van der Waals surface area (Å²) in [5.41, 5.74) is 2.83. The molecule has 0 spiro atoms. The fourth-order valence-corrected chi connectivity index (χ4v) is 7.16. The van der Waals surface area contributed by atoms with Crippen LogP contribution in [0.4, 0.5) is 4.39 Å². The first-order valence-corrected chi connectivity index (χ1v) is 15.6. The average Bonchev–Trinajstić information content (AvgIpc) is 3.65. The number of piperidine rings is 1. The normalized spacial score (nSPS) is 20.7. The van der Waals surface area contributed by atoms with E-state index in [-0.39, 0.29) is 52.4 Å². The summed E-state index contributed by atoms with van der Waals surface area (Å²) in [4.78, 5) is 26.0. The number of amides is 1. The van der Waals surface area contributed by atoms with Crippen LogP contribution in [0.5, 0.6) is 5.88 Å². The molecule has 2 aromatic heterocycles. The molecule has 2 aliphatic rings. The van der Waals surface area contributed by atoms with Crippen molar-refractivity contribution in [1.29, 1.82) is 5.26 Å². The van der Waals surface area contributed by atoms with Crippen molar-refractivity contribution in [2.75, 3.05) is 26.7 Å². The Kier molecular flexibility index (Phi) is 8.51. The second-order valence-corrected chi connectivity index (χ2v) is 12.5. The minimum atomic E-state index is -0.566. The molecular formula is C33H33Cl2FN6O2. The molecule has 11 heteroatoms. The zero-order valence-corrected chi connectivity index (χ0v) is 26.2. The van der Waals surface area contributed by atoms with Crippen LogP contribution in [0.1, 0.15) is 43.7 Å². The Morgan fingerprint density at radius 3 is 2.77 bits per heavy atom. The maximum atomic E-state index is 16.7. The molecule has 3 unspecified atom stereocenters. The molecule has 2 saturated heterocycles. The number of likely N-dealkylation sites (N-methyl/N-ethyl adjacent to an activating group) is 1. The lowest BCUT2D eigenvalue weighted by Crippen LogP contribution is -2.45. The molecule has 0 saturated carbocycles. The van der Waals surface area contributed by atoms with Crippen molar-refractivity contribution < 1.29 is 13.9 Å². The molecule has 228 valence electrons. The summed E-state index contributed by atoms with van der Waals surface area (Å²) in [6.45, 7) is 7.30. The van der Waals surface area contributed by atoms with Crippen molar-refractivity contribution in [2.45, 2.75) is 57.2 Å². The van der Waals surface area contributed by atoms with Gasteiger partial charge in [0.25, 0.3) is 0 Å². The zero-order valence-electron chi connectivity index (χ0n) is 24.7. The van der Waals surface area contributed by atoms with Crippen molar-refractivity contribution in [2.24, 2.45) is 0 Å². The molecule has 0 N–H and O–H groups in total. The summed E-state index contributed by atoms with van der Waals surface area (Å²) in [5, 5.41) is 10.8. The average molecular weight is 636 g/mol. The van der Waals surface area contributed by atoms with Gasteiger partial charge in [-0.3, -0.25) is 4.79 Å². The van der Waals surface area contributed by atoms with Gasteiger partial charge in [0.2, 0.25) is 11.8 Å². The summed E-state index contributed by atoms with van der Waals surface area (Å²) < 4.78 is 25.0. The van der Waals surface area contributed by atoms with Gasteiger partial charge in [0.1, 0.15) is 12.1 Å². The van der Waals surface area contributed by atoms with Gasteiger partial charge < -0.3 is 19.1 Å². The van der Waals surface area contributed by atoms with Crippen LogP contribution in [0.15, 0.2) is 43.2 Å². The highest BCUT2D eigenvalue weighted by atomic mass is 35.5. The number of hydrogen-bond acceptors (Lipinski definition) is 6. The molecule has 0 bridgehead atoms.